The molecular formula is C22H20N8OS. The number of aromatic nitrogens is 6. The highest BCUT2D eigenvalue weighted by Gasteiger charge is 2.25. The molecule has 1 saturated heterocycles. The van der Waals surface area contributed by atoms with Crippen molar-refractivity contribution in [3.63, 3.8) is 0 Å². The summed E-state index contributed by atoms with van der Waals surface area (Å²) >= 11 is 1.58. The zero-order valence-corrected chi connectivity index (χ0v) is 18.0. The molecule has 9 nitrogen and oxygen atoms in total. The molecule has 1 amide bonds. The normalized spacial score (nSPS) is 14.5. The van der Waals surface area contributed by atoms with Gasteiger partial charge in [-0.3, -0.25) is 4.79 Å². The molecule has 0 saturated carbocycles. The van der Waals surface area contributed by atoms with Crippen molar-refractivity contribution in [2.75, 3.05) is 31.1 Å². The van der Waals surface area contributed by atoms with Gasteiger partial charge in [0.15, 0.2) is 17.3 Å². The molecule has 1 N–H and O–H groups in total. The molecule has 6 rings (SSSR count). The van der Waals surface area contributed by atoms with Crippen LogP contribution < -0.4 is 4.90 Å². The number of aromatic amines is 1. The molecule has 1 aromatic carbocycles. The second-order valence-electron chi connectivity index (χ2n) is 7.69. The van der Waals surface area contributed by atoms with E-state index in [2.05, 4.69) is 24.8 Å². The molecule has 1 aliphatic heterocycles. The lowest BCUT2D eigenvalue weighted by Crippen LogP contribution is -2.49. The van der Waals surface area contributed by atoms with Gasteiger partial charge in [-0.05, 0) is 24.3 Å². The molecule has 32 heavy (non-hydrogen) atoms. The summed E-state index contributed by atoms with van der Waals surface area (Å²) in [7, 11) is 0. The van der Waals surface area contributed by atoms with Crippen LogP contribution in [0.5, 0.6) is 0 Å². The second-order valence-corrected chi connectivity index (χ2v) is 8.55. The third kappa shape index (κ3) is 3.28. The van der Waals surface area contributed by atoms with Gasteiger partial charge in [-0.15, -0.1) is 11.3 Å². The fourth-order valence-corrected chi connectivity index (χ4v) is 4.87. The number of carbonyl (C=O) groups excluding carboxylic acids is 1. The molecule has 160 valence electrons. The molecule has 5 heterocycles. The van der Waals surface area contributed by atoms with Crippen molar-refractivity contribution >= 4 is 45.3 Å². The first-order valence-electron chi connectivity index (χ1n) is 10.4. The number of piperazine rings is 1. The van der Waals surface area contributed by atoms with E-state index in [0.29, 0.717) is 13.1 Å². The largest absolute Gasteiger partial charge is 0.352 e. The van der Waals surface area contributed by atoms with E-state index in [-0.39, 0.29) is 12.5 Å². The van der Waals surface area contributed by atoms with E-state index in [0.717, 1.165) is 51.8 Å². The van der Waals surface area contributed by atoms with E-state index in [1.165, 1.54) is 0 Å². The third-order valence-electron chi connectivity index (χ3n) is 5.76. The van der Waals surface area contributed by atoms with Gasteiger partial charge >= 0.3 is 0 Å². The summed E-state index contributed by atoms with van der Waals surface area (Å²) in [5, 5.41) is 0. The Hall–Kier alpha value is -3.79. The number of thiazole rings is 1. The van der Waals surface area contributed by atoms with Crippen molar-refractivity contribution in [1.82, 2.24) is 34.4 Å². The average molecular weight is 445 g/mol. The minimum atomic E-state index is 0.0744. The Balaban J connectivity index is 1.15. The van der Waals surface area contributed by atoms with Crippen molar-refractivity contribution in [3.05, 3.63) is 54.4 Å². The van der Waals surface area contributed by atoms with Crippen LogP contribution in [0.1, 0.15) is 0 Å². The van der Waals surface area contributed by atoms with Gasteiger partial charge in [0, 0.05) is 32.4 Å². The van der Waals surface area contributed by atoms with Crippen LogP contribution in [0.3, 0.4) is 0 Å². The van der Waals surface area contributed by atoms with Crippen LogP contribution in [-0.2, 0) is 11.3 Å². The highest BCUT2D eigenvalue weighted by Crippen LogP contribution is 2.33. The Morgan fingerprint density at radius 2 is 1.84 bits per heavy atom. The van der Waals surface area contributed by atoms with E-state index >= 15 is 0 Å². The molecule has 4 aromatic heterocycles. The number of anilines is 1. The lowest BCUT2D eigenvalue weighted by molar-refractivity contribution is -0.132. The number of benzene rings is 1. The molecule has 0 radical (unpaired) electrons. The van der Waals surface area contributed by atoms with Gasteiger partial charge in [-0.2, -0.15) is 0 Å². The highest BCUT2D eigenvalue weighted by molar-refractivity contribution is 7.13. The van der Waals surface area contributed by atoms with Crippen molar-refractivity contribution in [2.24, 2.45) is 0 Å². The second kappa shape index (κ2) is 7.72. The Labute approximate surface area is 187 Å². The van der Waals surface area contributed by atoms with Crippen molar-refractivity contribution in [3.8, 4) is 10.7 Å². The number of H-pyrrole nitrogens is 1. The molecule has 1 aliphatic rings. The number of nitrogens with one attached hydrogen (secondary N) is 1. The summed E-state index contributed by atoms with van der Waals surface area (Å²) in [6.45, 7) is 3.00. The first kappa shape index (κ1) is 18.9. The molecule has 0 aliphatic carbocycles. The SMILES string of the molecule is O=C(Cn1cnc2cccnc21)N1CCN(c2ncsc2-c2nc3ccccc3[nH]2)CC1. The maximum Gasteiger partial charge on any atom is 0.242 e. The number of para-hydroxylation sites is 2. The summed E-state index contributed by atoms with van der Waals surface area (Å²) in [5.74, 6) is 1.83. The molecule has 10 heteroatoms. The van der Waals surface area contributed by atoms with E-state index in [4.69, 9.17) is 4.98 Å². The Morgan fingerprint density at radius 3 is 2.72 bits per heavy atom. The number of carbonyl (C=O) groups is 1. The standard InChI is InChI=1S/C22H20N8OS/c31-18(12-30-13-24-17-6-3-7-23-21(17)30)28-8-10-29(11-9-28)22-19(32-14-25-22)20-26-15-4-1-2-5-16(15)27-20/h1-7,13-14H,8-12H2,(H,26,27). The molecule has 0 spiro atoms. The van der Waals surface area contributed by atoms with E-state index in [1.807, 2.05) is 51.4 Å². The minimum absolute atomic E-state index is 0.0744. The van der Waals surface area contributed by atoms with E-state index in [1.54, 1.807) is 23.9 Å². The fourth-order valence-electron chi connectivity index (χ4n) is 4.11. The summed E-state index contributed by atoms with van der Waals surface area (Å²) in [4.78, 5) is 39.5. The van der Waals surface area contributed by atoms with Gasteiger partial charge in [0.05, 0.1) is 22.9 Å². The highest BCUT2D eigenvalue weighted by atomic mass is 32.1. The van der Waals surface area contributed by atoms with Crippen LogP contribution >= 0.6 is 11.3 Å². The predicted molar refractivity (Wildman–Crippen MR) is 124 cm³/mol. The number of fused-ring (bicyclic) bond motifs is 2. The van der Waals surface area contributed by atoms with Crippen molar-refractivity contribution < 1.29 is 4.79 Å². The number of amides is 1. The molecule has 5 aromatic rings. The van der Waals surface area contributed by atoms with Crippen LogP contribution in [0.2, 0.25) is 0 Å². The van der Waals surface area contributed by atoms with Crippen LogP contribution in [0.4, 0.5) is 5.82 Å². The van der Waals surface area contributed by atoms with Crippen molar-refractivity contribution in [1.29, 1.82) is 0 Å². The lowest BCUT2D eigenvalue weighted by Gasteiger charge is -2.35. The average Bonchev–Trinajstić information content (AvgIpc) is 3.57. The Morgan fingerprint density at radius 1 is 1.00 bits per heavy atom. The van der Waals surface area contributed by atoms with Gasteiger partial charge in [-0.25, -0.2) is 19.9 Å². The van der Waals surface area contributed by atoms with Gasteiger partial charge < -0.3 is 19.4 Å². The van der Waals surface area contributed by atoms with Crippen LogP contribution in [-0.4, -0.2) is 66.5 Å². The molecule has 0 atom stereocenters. The van der Waals surface area contributed by atoms with Gasteiger partial charge in [0.1, 0.15) is 16.9 Å². The summed E-state index contributed by atoms with van der Waals surface area (Å²) < 4.78 is 1.81. The number of rotatable bonds is 4. The molecule has 1 fully saturated rings. The number of hydrogen-bond acceptors (Lipinski definition) is 7. The van der Waals surface area contributed by atoms with E-state index < -0.39 is 0 Å². The molecule has 0 unspecified atom stereocenters. The zero-order valence-electron chi connectivity index (χ0n) is 17.2. The van der Waals surface area contributed by atoms with Crippen molar-refractivity contribution in [2.45, 2.75) is 6.54 Å². The van der Waals surface area contributed by atoms with Crippen LogP contribution in [0.25, 0.3) is 32.9 Å². The molecule has 0 bridgehead atoms. The monoisotopic (exact) mass is 444 g/mol. The molecular weight excluding hydrogens is 424 g/mol. The lowest BCUT2D eigenvalue weighted by atomic mass is 10.3. The smallest absolute Gasteiger partial charge is 0.242 e. The predicted octanol–water partition coefficient (Wildman–Crippen LogP) is 2.78. The van der Waals surface area contributed by atoms with Crippen LogP contribution in [0, 0.1) is 0 Å². The summed E-state index contributed by atoms with van der Waals surface area (Å²) in [5.41, 5.74) is 5.34. The maximum atomic E-state index is 12.9. The minimum Gasteiger partial charge on any atom is -0.352 e. The first-order valence-corrected chi connectivity index (χ1v) is 11.3. The number of pyridine rings is 1. The van der Waals surface area contributed by atoms with Gasteiger partial charge in [-0.1, -0.05) is 12.1 Å². The Bertz CT molecular complexity index is 1380. The topological polar surface area (TPSA) is 95.8 Å². The quantitative estimate of drug-likeness (QED) is 0.458. The Kier molecular flexibility index (Phi) is 4.57. The third-order valence-corrected chi connectivity index (χ3v) is 6.59. The maximum absolute atomic E-state index is 12.9. The van der Waals surface area contributed by atoms with Gasteiger partial charge in [0.25, 0.3) is 0 Å². The van der Waals surface area contributed by atoms with Gasteiger partial charge in [0.2, 0.25) is 5.91 Å². The number of hydrogen-bond donors (Lipinski definition) is 1. The zero-order chi connectivity index (χ0) is 21.5. The summed E-state index contributed by atoms with van der Waals surface area (Å²) in [6, 6.07) is 11.7. The number of nitrogens with zero attached hydrogens (tertiary/aromatic N) is 7. The fraction of sp³-hybridized carbons (Fsp3) is 0.227. The van der Waals surface area contributed by atoms with Crippen LogP contribution in [0.15, 0.2) is 54.4 Å². The summed E-state index contributed by atoms with van der Waals surface area (Å²) in [6.07, 6.45) is 3.40. The number of imidazole rings is 2. The van der Waals surface area contributed by atoms with E-state index in [9.17, 15) is 4.79 Å². The first-order chi connectivity index (χ1) is 15.8.